The molecule has 1 aromatic heterocycles. The van der Waals surface area contributed by atoms with E-state index in [1.807, 2.05) is 38.1 Å². The summed E-state index contributed by atoms with van der Waals surface area (Å²) >= 11 is 0. The summed E-state index contributed by atoms with van der Waals surface area (Å²) in [6.07, 6.45) is 2.58. The Labute approximate surface area is 232 Å². The van der Waals surface area contributed by atoms with Crippen LogP contribution in [0.1, 0.15) is 51.5 Å². The lowest BCUT2D eigenvalue weighted by Crippen LogP contribution is -2.57. The van der Waals surface area contributed by atoms with E-state index in [4.69, 9.17) is 16.6 Å². The molecule has 0 spiro atoms. The Balaban J connectivity index is 2.13. The number of para-hydroxylation sites is 1. The fourth-order valence-corrected chi connectivity index (χ4v) is 4.29. The molecule has 220 valence electrons. The van der Waals surface area contributed by atoms with Gasteiger partial charge in [0.1, 0.15) is 18.1 Å². The molecular weight excluding hydrogens is 520 g/mol. The van der Waals surface area contributed by atoms with Gasteiger partial charge in [0.15, 0.2) is 0 Å². The number of benzene rings is 1. The van der Waals surface area contributed by atoms with E-state index in [-0.39, 0.29) is 25.2 Å². The predicted octanol–water partition coefficient (Wildman–Crippen LogP) is 0.227. The third-order valence-electron chi connectivity index (χ3n) is 6.36. The summed E-state index contributed by atoms with van der Waals surface area (Å²) in [7, 11) is 0. The molecule has 2 aromatic rings. The fourth-order valence-electron chi connectivity index (χ4n) is 4.29. The second-order valence-corrected chi connectivity index (χ2v) is 10.2. The van der Waals surface area contributed by atoms with E-state index in [2.05, 4.69) is 20.9 Å². The molecule has 1 heterocycles. The van der Waals surface area contributed by atoms with Crippen LogP contribution in [0, 0.1) is 5.92 Å². The number of aliphatic carboxylic acids is 2. The van der Waals surface area contributed by atoms with Crippen LogP contribution in [0.25, 0.3) is 10.9 Å². The molecule has 2 rings (SSSR count). The van der Waals surface area contributed by atoms with Crippen LogP contribution in [-0.4, -0.2) is 75.6 Å². The molecule has 40 heavy (non-hydrogen) atoms. The van der Waals surface area contributed by atoms with Crippen LogP contribution in [0.5, 0.6) is 0 Å². The first-order chi connectivity index (χ1) is 18.9. The molecule has 4 unspecified atom stereocenters. The fraction of sp³-hybridized carbons (Fsp3) is 0.519. The minimum Gasteiger partial charge on any atom is -0.481 e. The summed E-state index contributed by atoms with van der Waals surface area (Å²) in [4.78, 5) is 64.8. The van der Waals surface area contributed by atoms with Crippen LogP contribution >= 0.6 is 0 Å². The highest BCUT2D eigenvalue weighted by Gasteiger charge is 2.31. The number of nitrogens with one attached hydrogen (secondary N) is 4. The van der Waals surface area contributed by atoms with E-state index >= 15 is 0 Å². The van der Waals surface area contributed by atoms with E-state index in [1.165, 1.54) is 0 Å². The Morgan fingerprint density at radius 3 is 2.15 bits per heavy atom. The summed E-state index contributed by atoms with van der Waals surface area (Å²) < 4.78 is 0. The number of aromatic nitrogens is 1. The van der Waals surface area contributed by atoms with Gasteiger partial charge in [-0.15, -0.1) is 0 Å². The summed E-state index contributed by atoms with van der Waals surface area (Å²) in [6.45, 7) is 4.08. The molecule has 0 bridgehead atoms. The molecule has 0 saturated heterocycles. The highest BCUT2D eigenvalue weighted by atomic mass is 16.4. The van der Waals surface area contributed by atoms with Crippen molar-refractivity contribution in [2.24, 2.45) is 17.4 Å². The third kappa shape index (κ3) is 9.97. The molecule has 0 fully saturated rings. The topological polar surface area (TPSA) is 230 Å². The molecule has 0 radical (unpaired) electrons. The lowest BCUT2D eigenvalue weighted by atomic mass is 10.00. The van der Waals surface area contributed by atoms with Gasteiger partial charge in [-0.1, -0.05) is 32.0 Å². The molecule has 4 atom stereocenters. The first-order valence-electron chi connectivity index (χ1n) is 13.3. The number of nitrogens with two attached hydrogens (primary N) is 2. The van der Waals surface area contributed by atoms with Gasteiger partial charge in [-0.05, 0) is 56.2 Å². The first-order valence-corrected chi connectivity index (χ1v) is 13.3. The van der Waals surface area contributed by atoms with Crippen molar-refractivity contribution < 1.29 is 34.2 Å². The number of H-pyrrole nitrogens is 1. The molecule has 13 heteroatoms. The SMILES string of the molecule is CC(C)CC(NC(=O)C(N)Cc1c[nH]c2ccccc12)C(=O)NC(CCCCN)C(=O)NC(CC(=O)O)C(=O)O. The van der Waals surface area contributed by atoms with Crippen molar-refractivity contribution in [1.29, 1.82) is 0 Å². The van der Waals surface area contributed by atoms with Crippen LogP contribution in [0.3, 0.4) is 0 Å². The standard InChI is InChI=1S/C27H40N6O7/c1-15(2)11-21(32-24(36)18(29)12-16-14-30-19-8-4-3-7-17(16)19)26(38)31-20(9-5-6-10-28)25(37)33-22(27(39)40)13-23(34)35/h3-4,7-8,14-15,18,20-22,30H,5-6,9-13,28-29H2,1-2H3,(H,31,38)(H,32,36)(H,33,37)(H,34,35)(H,39,40). The van der Waals surface area contributed by atoms with Crippen LogP contribution in [0.15, 0.2) is 30.5 Å². The van der Waals surface area contributed by atoms with Gasteiger partial charge in [-0.2, -0.15) is 0 Å². The first kappa shape index (κ1) is 32.2. The van der Waals surface area contributed by atoms with Gasteiger partial charge in [0.25, 0.3) is 0 Å². The lowest BCUT2D eigenvalue weighted by molar-refractivity contribution is -0.147. The van der Waals surface area contributed by atoms with Gasteiger partial charge < -0.3 is 42.6 Å². The number of unbranched alkanes of at least 4 members (excludes halogenated alkanes) is 1. The maximum Gasteiger partial charge on any atom is 0.326 e. The highest BCUT2D eigenvalue weighted by Crippen LogP contribution is 2.19. The molecular formula is C27H40N6O7. The van der Waals surface area contributed by atoms with Crippen molar-refractivity contribution in [3.05, 3.63) is 36.0 Å². The number of carbonyl (C=O) groups is 5. The monoisotopic (exact) mass is 560 g/mol. The Morgan fingerprint density at radius 2 is 1.52 bits per heavy atom. The second-order valence-electron chi connectivity index (χ2n) is 10.2. The van der Waals surface area contributed by atoms with E-state index in [9.17, 15) is 29.1 Å². The number of aromatic amines is 1. The second kappa shape index (κ2) is 15.6. The van der Waals surface area contributed by atoms with Gasteiger partial charge in [0.05, 0.1) is 12.5 Å². The minimum absolute atomic E-state index is 0.00244. The smallest absolute Gasteiger partial charge is 0.326 e. The highest BCUT2D eigenvalue weighted by molar-refractivity contribution is 5.95. The molecule has 0 aliphatic carbocycles. The Kier molecular flexibility index (Phi) is 12.6. The van der Waals surface area contributed by atoms with E-state index in [0.717, 1.165) is 16.5 Å². The number of carboxylic acid groups (broad SMARTS) is 2. The number of carbonyl (C=O) groups excluding carboxylic acids is 3. The van der Waals surface area contributed by atoms with Gasteiger partial charge >= 0.3 is 11.9 Å². The summed E-state index contributed by atoms with van der Waals surface area (Å²) in [5.74, 6) is -4.94. The Hall–Kier alpha value is -3.97. The van der Waals surface area contributed by atoms with Gasteiger partial charge in [-0.3, -0.25) is 19.2 Å². The average molecular weight is 561 g/mol. The molecule has 10 N–H and O–H groups in total. The van der Waals surface area contributed by atoms with Crippen molar-refractivity contribution in [3.8, 4) is 0 Å². The zero-order valence-corrected chi connectivity index (χ0v) is 22.8. The van der Waals surface area contributed by atoms with Crippen molar-refractivity contribution >= 4 is 40.6 Å². The maximum absolute atomic E-state index is 13.3. The molecule has 0 saturated carbocycles. The van der Waals surface area contributed by atoms with Crippen molar-refractivity contribution in [3.63, 3.8) is 0 Å². The molecule has 0 aliphatic heterocycles. The molecule has 1 aromatic carbocycles. The summed E-state index contributed by atoms with van der Waals surface area (Å²) in [5, 5.41) is 26.7. The zero-order valence-electron chi connectivity index (χ0n) is 22.8. The largest absolute Gasteiger partial charge is 0.481 e. The number of rotatable bonds is 17. The minimum atomic E-state index is -1.67. The summed E-state index contributed by atoms with van der Waals surface area (Å²) in [6, 6.07) is 2.80. The molecule has 3 amide bonds. The predicted molar refractivity (Wildman–Crippen MR) is 148 cm³/mol. The number of hydrogen-bond acceptors (Lipinski definition) is 7. The third-order valence-corrected chi connectivity index (χ3v) is 6.36. The Bertz CT molecular complexity index is 1180. The van der Waals surface area contributed by atoms with Gasteiger partial charge in [0, 0.05) is 17.1 Å². The number of fused-ring (bicyclic) bond motifs is 1. The average Bonchev–Trinajstić information content (AvgIpc) is 3.29. The van der Waals surface area contributed by atoms with Crippen molar-refractivity contribution in [2.45, 2.75) is 76.5 Å². The van der Waals surface area contributed by atoms with Crippen LogP contribution < -0.4 is 27.4 Å². The van der Waals surface area contributed by atoms with Crippen molar-refractivity contribution in [1.82, 2.24) is 20.9 Å². The lowest BCUT2D eigenvalue weighted by Gasteiger charge is -2.26. The number of hydrogen-bond donors (Lipinski definition) is 8. The summed E-state index contributed by atoms with van der Waals surface area (Å²) in [5.41, 5.74) is 13.5. The van der Waals surface area contributed by atoms with E-state index < -0.39 is 60.2 Å². The number of amides is 3. The van der Waals surface area contributed by atoms with E-state index in [0.29, 0.717) is 19.4 Å². The van der Waals surface area contributed by atoms with Crippen LogP contribution in [0.2, 0.25) is 0 Å². The quantitative estimate of drug-likeness (QED) is 0.124. The van der Waals surface area contributed by atoms with Crippen LogP contribution in [-0.2, 0) is 30.4 Å². The van der Waals surface area contributed by atoms with E-state index in [1.54, 1.807) is 6.20 Å². The number of carboxylic acids is 2. The molecule has 0 aliphatic rings. The van der Waals surface area contributed by atoms with Crippen molar-refractivity contribution in [2.75, 3.05) is 6.54 Å². The van der Waals surface area contributed by atoms with Gasteiger partial charge in [0.2, 0.25) is 17.7 Å². The maximum atomic E-state index is 13.3. The van der Waals surface area contributed by atoms with Gasteiger partial charge in [-0.25, -0.2) is 4.79 Å². The Morgan fingerprint density at radius 1 is 0.900 bits per heavy atom. The van der Waals surface area contributed by atoms with Crippen LogP contribution in [0.4, 0.5) is 0 Å². The normalized spacial score (nSPS) is 14.2. The molecule has 13 nitrogen and oxygen atoms in total. The zero-order chi connectivity index (χ0) is 29.8.